The molecule has 0 atom stereocenters. The molecule has 1 N–H and O–H groups in total. The summed E-state index contributed by atoms with van der Waals surface area (Å²) in [4.78, 5) is 14.2. The van der Waals surface area contributed by atoms with Gasteiger partial charge in [-0.3, -0.25) is 15.5 Å². The van der Waals surface area contributed by atoms with E-state index in [9.17, 15) is 10.1 Å². The highest BCUT2D eigenvalue weighted by Gasteiger charge is 2.09. The van der Waals surface area contributed by atoms with E-state index in [0.717, 1.165) is 0 Å². The van der Waals surface area contributed by atoms with E-state index in [0.29, 0.717) is 17.1 Å². The Morgan fingerprint density at radius 2 is 1.85 bits per heavy atom. The van der Waals surface area contributed by atoms with E-state index in [-0.39, 0.29) is 26.7 Å². The molecule has 0 aliphatic carbocycles. The van der Waals surface area contributed by atoms with E-state index < -0.39 is 4.92 Å². The lowest BCUT2D eigenvalue weighted by Crippen LogP contribution is -1.94. The number of hydrogen-bond donors (Lipinski definition) is 1. The highest BCUT2D eigenvalue weighted by atomic mass is 35.5. The maximum atomic E-state index is 10.7. The molecule has 0 radical (unpaired) electrons. The molecule has 3 rings (SSSR count). The van der Waals surface area contributed by atoms with Crippen LogP contribution in [0.3, 0.4) is 0 Å². The molecule has 0 spiro atoms. The van der Waals surface area contributed by atoms with Crippen LogP contribution in [0.5, 0.6) is 0 Å². The highest BCUT2D eigenvalue weighted by molar-refractivity contribution is 6.42. The van der Waals surface area contributed by atoms with Crippen LogP contribution in [-0.2, 0) is 0 Å². The number of anilines is 1. The topological polar surface area (TPSA) is 93.6 Å². The molecule has 26 heavy (non-hydrogen) atoms. The maximum Gasteiger partial charge on any atom is 0.269 e. The van der Waals surface area contributed by atoms with Gasteiger partial charge in [-0.15, -0.1) is 0 Å². The first-order valence-corrected chi connectivity index (χ1v) is 8.22. The Morgan fingerprint density at radius 1 is 1.12 bits per heavy atom. The van der Waals surface area contributed by atoms with Gasteiger partial charge in [-0.05, 0) is 30.3 Å². The number of halogens is 3. The molecule has 0 unspecified atom stereocenters. The summed E-state index contributed by atoms with van der Waals surface area (Å²) >= 11 is 17.6. The summed E-state index contributed by atoms with van der Waals surface area (Å²) < 4.78 is 5.62. The standard InChI is InChI=1S/C16H9Cl3N4O3/c17-12-7-13(18)16(21-15(12)19)22-20-8-11-5-6-14(26-11)9-1-3-10(4-2-9)23(24)25/h1-8H,(H,21,22). The van der Waals surface area contributed by atoms with Gasteiger partial charge in [0.05, 0.1) is 21.2 Å². The van der Waals surface area contributed by atoms with Gasteiger partial charge in [-0.2, -0.15) is 5.10 Å². The number of nitrogens with one attached hydrogen (secondary N) is 1. The molecule has 0 amide bonds. The summed E-state index contributed by atoms with van der Waals surface area (Å²) in [6.07, 6.45) is 1.43. The van der Waals surface area contributed by atoms with Crippen molar-refractivity contribution in [3.05, 3.63) is 73.5 Å². The van der Waals surface area contributed by atoms with Crippen molar-refractivity contribution >= 4 is 52.5 Å². The second-order valence-corrected chi connectivity index (χ2v) is 6.14. The number of rotatable bonds is 5. The number of benzene rings is 1. The van der Waals surface area contributed by atoms with Crippen LogP contribution in [0.15, 0.2) is 52.0 Å². The second kappa shape index (κ2) is 7.74. The third-order valence-corrected chi connectivity index (χ3v) is 4.20. The molecular weight excluding hydrogens is 403 g/mol. The number of furan rings is 1. The zero-order valence-corrected chi connectivity index (χ0v) is 15.1. The lowest BCUT2D eigenvalue weighted by atomic mass is 10.1. The van der Waals surface area contributed by atoms with Gasteiger partial charge < -0.3 is 4.42 Å². The van der Waals surface area contributed by atoms with Gasteiger partial charge in [0.1, 0.15) is 16.7 Å². The minimum absolute atomic E-state index is 0.0114. The Morgan fingerprint density at radius 3 is 2.54 bits per heavy atom. The van der Waals surface area contributed by atoms with Crippen molar-refractivity contribution in [3.8, 4) is 11.3 Å². The number of nitrogens with zero attached hydrogens (tertiary/aromatic N) is 3. The molecule has 0 bridgehead atoms. The zero-order chi connectivity index (χ0) is 18.7. The molecule has 10 heteroatoms. The van der Waals surface area contributed by atoms with Crippen molar-refractivity contribution in [2.75, 3.05) is 5.43 Å². The van der Waals surface area contributed by atoms with Gasteiger partial charge in [0.2, 0.25) is 0 Å². The smallest absolute Gasteiger partial charge is 0.269 e. The number of hydrogen-bond acceptors (Lipinski definition) is 6. The van der Waals surface area contributed by atoms with E-state index in [1.165, 1.54) is 24.4 Å². The van der Waals surface area contributed by atoms with Crippen LogP contribution in [0.4, 0.5) is 11.5 Å². The van der Waals surface area contributed by atoms with Crippen molar-refractivity contribution in [2.45, 2.75) is 0 Å². The molecule has 0 saturated carbocycles. The number of pyridine rings is 1. The third kappa shape index (κ3) is 4.13. The Balaban J connectivity index is 1.71. The van der Waals surface area contributed by atoms with E-state index >= 15 is 0 Å². The first kappa shape index (κ1) is 18.2. The van der Waals surface area contributed by atoms with Gasteiger partial charge in [0, 0.05) is 17.7 Å². The molecular formula is C16H9Cl3N4O3. The molecule has 3 aromatic rings. The first-order chi connectivity index (χ1) is 12.4. The van der Waals surface area contributed by atoms with Gasteiger partial charge >= 0.3 is 0 Å². The summed E-state index contributed by atoms with van der Waals surface area (Å²) in [5.74, 6) is 1.26. The zero-order valence-electron chi connectivity index (χ0n) is 12.8. The number of hydrazone groups is 1. The molecule has 0 aliphatic heterocycles. The van der Waals surface area contributed by atoms with E-state index in [1.807, 2.05) is 0 Å². The van der Waals surface area contributed by atoms with Crippen LogP contribution < -0.4 is 5.43 Å². The van der Waals surface area contributed by atoms with Crippen molar-refractivity contribution in [1.29, 1.82) is 0 Å². The summed E-state index contributed by atoms with van der Waals surface area (Å²) in [6.45, 7) is 0. The van der Waals surface area contributed by atoms with Crippen LogP contribution in [-0.4, -0.2) is 16.1 Å². The van der Waals surface area contributed by atoms with Gasteiger partial charge in [0.25, 0.3) is 5.69 Å². The van der Waals surface area contributed by atoms with Crippen LogP contribution in [0.25, 0.3) is 11.3 Å². The molecule has 7 nitrogen and oxygen atoms in total. The van der Waals surface area contributed by atoms with Crippen LogP contribution in [0.1, 0.15) is 5.76 Å². The Bertz CT molecular complexity index is 987. The van der Waals surface area contributed by atoms with Crippen LogP contribution in [0, 0.1) is 10.1 Å². The molecule has 132 valence electrons. The SMILES string of the molecule is O=[N+]([O-])c1ccc(-c2ccc(C=NNc3nc(Cl)c(Cl)cc3Cl)o2)cc1. The average molecular weight is 412 g/mol. The number of nitro groups is 1. The fraction of sp³-hybridized carbons (Fsp3) is 0. The maximum absolute atomic E-state index is 10.7. The minimum atomic E-state index is -0.460. The molecule has 0 aliphatic rings. The average Bonchev–Trinajstić information content (AvgIpc) is 3.08. The van der Waals surface area contributed by atoms with E-state index in [2.05, 4.69) is 15.5 Å². The first-order valence-electron chi connectivity index (χ1n) is 7.09. The summed E-state index contributed by atoms with van der Waals surface area (Å²) in [5.41, 5.74) is 3.36. The van der Waals surface area contributed by atoms with Crippen molar-refractivity contribution in [2.24, 2.45) is 5.10 Å². The Labute approximate surface area is 162 Å². The number of nitro benzene ring substituents is 1. The van der Waals surface area contributed by atoms with Crippen molar-refractivity contribution in [1.82, 2.24) is 4.98 Å². The van der Waals surface area contributed by atoms with E-state index in [1.54, 1.807) is 24.3 Å². The van der Waals surface area contributed by atoms with Crippen LogP contribution in [0.2, 0.25) is 15.2 Å². The van der Waals surface area contributed by atoms with Gasteiger partial charge in [0.15, 0.2) is 5.82 Å². The second-order valence-electron chi connectivity index (χ2n) is 4.97. The summed E-state index contributed by atoms with van der Waals surface area (Å²) in [6, 6.07) is 10.9. The van der Waals surface area contributed by atoms with Crippen molar-refractivity contribution < 1.29 is 9.34 Å². The van der Waals surface area contributed by atoms with Crippen molar-refractivity contribution in [3.63, 3.8) is 0 Å². The fourth-order valence-corrected chi connectivity index (χ4v) is 2.54. The lowest BCUT2D eigenvalue weighted by molar-refractivity contribution is -0.384. The molecule has 0 fully saturated rings. The molecule has 0 saturated heterocycles. The van der Waals surface area contributed by atoms with E-state index in [4.69, 9.17) is 39.2 Å². The predicted molar refractivity (Wildman–Crippen MR) is 101 cm³/mol. The fourth-order valence-electron chi connectivity index (χ4n) is 2.00. The summed E-state index contributed by atoms with van der Waals surface area (Å²) in [5, 5.41) is 15.3. The Hall–Kier alpha value is -2.61. The number of non-ortho nitro benzene ring substituents is 1. The monoisotopic (exact) mass is 410 g/mol. The minimum Gasteiger partial charge on any atom is -0.455 e. The largest absolute Gasteiger partial charge is 0.455 e. The van der Waals surface area contributed by atoms with Crippen LogP contribution >= 0.6 is 34.8 Å². The molecule has 2 aromatic heterocycles. The highest BCUT2D eigenvalue weighted by Crippen LogP contribution is 2.29. The lowest BCUT2D eigenvalue weighted by Gasteiger charge is -2.03. The predicted octanol–water partition coefficient (Wildman–Crippen LogP) is 5.66. The van der Waals surface area contributed by atoms with Gasteiger partial charge in [-0.25, -0.2) is 4.98 Å². The molecule has 1 aromatic carbocycles. The summed E-state index contributed by atoms with van der Waals surface area (Å²) in [7, 11) is 0. The Kier molecular flexibility index (Phi) is 5.41. The quantitative estimate of drug-likeness (QED) is 0.253. The third-order valence-electron chi connectivity index (χ3n) is 3.24. The molecule has 2 heterocycles. The number of aromatic nitrogens is 1. The van der Waals surface area contributed by atoms with Gasteiger partial charge in [-0.1, -0.05) is 34.8 Å². The normalized spacial score (nSPS) is 11.0.